The molecule has 0 saturated carbocycles. The minimum Gasteiger partial charge on any atom is -0.444 e. The molecule has 10 heteroatoms. The smallest absolute Gasteiger partial charge is 0.444 e. The summed E-state index contributed by atoms with van der Waals surface area (Å²) in [6.07, 6.45) is -0.782. The number of anilines is 1. The lowest BCUT2D eigenvalue weighted by molar-refractivity contribution is -0.0500. The standard InChI is InChI=1S/C19H14F3NO5S/c20-19(21,22)29(25,26)28-15-10-9-14-7-4-8-17(16(14)11-15)23-18(24)27-12-13-5-2-1-3-6-13/h1-11H,12H2,(H,23,24). The second-order valence-corrected chi connectivity index (χ2v) is 7.40. The number of fused-ring (bicyclic) bond motifs is 1. The van der Waals surface area contributed by atoms with Crippen LogP contribution < -0.4 is 9.50 Å². The predicted octanol–water partition coefficient (Wildman–Crippen LogP) is 4.82. The molecule has 1 N–H and O–H groups in total. The van der Waals surface area contributed by atoms with E-state index in [0.717, 1.165) is 17.7 Å². The molecule has 0 aliphatic carbocycles. The summed E-state index contributed by atoms with van der Waals surface area (Å²) in [6.45, 7) is 0.0234. The van der Waals surface area contributed by atoms with Gasteiger partial charge < -0.3 is 8.92 Å². The molecule has 0 fully saturated rings. The van der Waals surface area contributed by atoms with Crippen LogP contribution in [0.4, 0.5) is 23.7 Å². The molecule has 0 bridgehead atoms. The molecule has 0 heterocycles. The summed E-state index contributed by atoms with van der Waals surface area (Å²) < 4.78 is 69.2. The Morgan fingerprint density at radius 1 is 0.966 bits per heavy atom. The Hall–Kier alpha value is -3.27. The maximum atomic E-state index is 12.5. The number of rotatable bonds is 5. The van der Waals surface area contributed by atoms with E-state index in [4.69, 9.17) is 4.74 Å². The third kappa shape index (κ3) is 4.96. The summed E-state index contributed by atoms with van der Waals surface area (Å²) in [7, 11) is -5.81. The normalized spacial score (nSPS) is 11.8. The first-order valence-electron chi connectivity index (χ1n) is 8.17. The summed E-state index contributed by atoms with van der Waals surface area (Å²) in [5.41, 5.74) is -4.56. The van der Waals surface area contributed by atoms with Crippen LogP contribution in [0.2, 0.25) is 0 Å². The number of amides is 1. The van der Waals surface area contributed by atoms with Gasteiger partial charge in [0.25, 0.3) is 0 Å². The zero-order chi connectivity index (χ0) is 21.1. The summed E-state index contributed by atoms with van der Waals surface area (Å²) in [4.78, 5) is 12.1. The molecule has 0 saturated heterocycles. The van der Waals surface area contributed by atoms with Crippen molar-refractivity contribution in [1.82, 2.24) is 0 Å². The van der Waals surface area contributed by atoms with Crippen molar-refractivity contribution < 1.29 is 35.3 Å². The van der Waals surface area contributed by atoms with Gasteiger partial charge in [0.05, 0.1) is 5.69 Å². The SMILES string of the molecule is O=C(Nc1cccc2ccc(OS(=O)(=O)C(F)(F)F)cc12)OCc1ccccc1. The first-order chi connectivity index (χ1) is 13.7. The number of nitrogens with one attached hydrogen (secondary N) is 1. The molecule has 3 rings (SSSR count). The van der Waals surface area contributed by atoms with Crippen LogP contribution in [0.1, 0.15) is 5.56 Å². The van der Waals surface area contributed by atoms with E-state index < -0.39 is 27.5 Å². The first-order valence-corrected chi connectivity index (χ1v) is 9.58. The fraction of sp³-hybridized carbons (Fsp3) is 0.105. The lowest BCUT2D eigenvalue weighted by Crippen LogP contribution is -2.28. The quantitative estimate of drug-likeness (QED) is 0.468. The fourth-order valence-corrected chi connectivity index (χ4v) is 2.91. The molecule has 0 spiro atoms. The fourth-order valence-electron chi connectivity index (χ4n) is 2.46. The van der Waals surface area contributed by atoms with Gasteiger partial charge in [0, 0.05) is 5.39 Å². The number of alkyl halides is 3. The molecular formula is C19H14F3NO5S. The van der Waals surface area contributed by atoms with Gasteiger partial charge in [0.2, 0.25) is 0 Å². The van der Waals surface area contributed by atoms with Crippen molar-refractivity contribution in [3.05, 3.63) is 72.3 Å². The summed E-state index contributed by atoms with van der Waals surface area (Å²) in [5, 5.41) is 3.31. The average molecular weight is 425 g/mol. The molecular weight excluding hydrogens is 411 g/mol. The van der Waals surface area contributed by atoms with E-state index in [1.807, 2.05) is 6.07 Å². The van der Waals surface area contributed by atoms with Gasteiger partial charge in [-0.1, -0.05) is 48.5 Å². The van der Waals surface area contributed by atoms with E-state index >= 15 is 0 Å². The largest absolute Gasteiger partial charge is 0.534 e. The average Bonchev–Trinajstić information content (AvgIpc) is 2.66. The Balaban J connectivity index is 1.80. The predicted molar refractivity (Wildman–Crippen MR) is 99.8 cm³/mol. The summed E-state index contributed by atoms with van der Waals surface area (Å²) in [6, 6.07) is 17.2. The molecule has 152 valence electrons. The minimum atomic E-state index is -5.81. The molecule has 0 unspecified atom stereocenters. The topological polar surface area (TPSA) is 81.7 Å². The third-order valence-corrected chi connectivity index (χ3v) is 4.77. The van der Waals surface area contributed by atoms with Crippen molar-refractivity contribution in [3.63, 3.8) is 0 Å². The Bertz CT molecular complexity index is 1130. The van der Waals surface area contributed by atoms with Crippen LogP contribution in [0.25, 0.3) is 10.8 Å². The molecule has 0 atom stereocenters. The van der Waals surface area contributed by atoms with Gasteiger partial charge in [0.1, 0.15) is 12.4 Å². The lowest BCUT2D eigenvalue weighted by atomic mass is 10.1. The van der Waals surface area contributed by atoms with E-state index in [1.54, 1.807) is 36.4 Å². The number of benzene rings is 3. The highest BCUT2D eigenvalue weighted by molar-refractivity contribution is 7.88. The number of halogens is 3. The van der Waals surface area contributed by atoms with Gasteiger partial charge in [-0.2, -0.15) is 21.6 Å². The molecule has 3 aromatic carbocycles. The molecule has 0 aromatic heterocycles. The van der Waals surface area contributed by atoms with Crippen LogP contribution in [0.15, 0.2) is 66.7 Å². The van der Waals surface area contributed by atoms with Gasteiger partial charge in [0.15, 0.2) is 0 Å². The van der Waals surface area contributed by atoms with Gasteiger partial charge in [-0.05, 0) is 29.1 Å². The van der Waals surface area contributed by atoms with Gasteiger partial charge in [-0.15, -0.1) is 0 Å². The molecule has 29 heavy (non-hydrogen) atoms. The highest BCUT2D eigenvalue weighted by Gasteiger charge is 2.48. The second-order valence-electron chi connectivity index (χ2n) is 5.86. The molecule has 0 aliphatic rings. The maximum absolute atomic E-state index is 12.5. The Morgan fingerprint density at radius 2 is 1.69 bits per heavy atom. The number of carbonyl (C=O) groups excluding carboxylic acids is 1. The van der Waals surface area contributed by atoms with E-state index in [1.165, 1.54) is 12.1 Å². The van der Waals surface area contributed by atoms with E-state index in [9.17, 15) is 26.4 Å². The number of hydrogen-bond donors (Lipinski definition) is 1. The lowest BCUT2D eigenvalue weighted by Gasteiger charge is -2.12. The van der Waals surface area contributed by atoms with Crippen LogP contribution in [-0.2, 0) is 21.5 Å². The minimum absolute atomic E-state index is 0.0234. The molecule has 1 amide bonds. The zero-order valence-corrected chi connectivity index (χ0v) is 15.5. The van der Waals surface area contributed by atoms with E-state index in [-0.39, 0.29) is 17.7 Å². The van der Waals surface area contributed by atoms with E-state index in [0.29, 0.717) is 5.39 Å². The van der Waals surface area contributed by atoms with Crippen molar-refractivity contribution in [1.29, 1.82) is 0 Å². The third-order valence-electron chi connectivity index (χ3n) is 3.79. The Kier molecular flexibility index (Phi) is 5.64. The zero-order valence-electron chi connectivity index (χ0n) is 14.6. The van der Waals surface area contributed by atoms with Crippen LogP contribution >= 0.6 is 0 Å². The van der Waals surface area contributed by atoms with Crippen LogP contribution in [0.3, 0.4) is 0 Å². The monoisotopic (exact) mass is 425 g/mol. The van der Waals surface area contributed by atoms with Gasteiger partial charge in [-0.25, -0.2) is 4.79 Å². The van der Waals surface area contributed by atoms with Gasteiger partial charge >= 0.3 is 21.7 Å². The van der Waals surface area contributed by atoms with E-state index in [2.05, 4.69) is 9.50 Å². The molecule has 6 nitrogen and oxygen atoms in total. The van der Waals surface area contributed by atoms with Crippen molar-refractivity contribution in [2.75, 3.05) is 5.32 Å². The van der Waals surface area contributed by atoms with Crippen molar-refractivity contribution in [2.24, 2.45) is 0 Å². The van der Waals surface area contributed by atoms with Crippen LogP contribution in [-0.4, -0.2) is 20.0 Å². The summed E-state index contributed by atoms with van der Waals surface area (Å²) in [5.74, 6) is -0.540. The highest BCUT2D eigenvalue weighted by Crippen LogP contribution is 2.31. The van der Waals surface area contributed by atoms with Crippen LogP contribution in [0, 0.1) is 0 Å². The number of carbonyl (C=O) groups is 1. The summed E-state index contributed by atoms with van der Waals surface area (Å²) >= 11 is 0. The van der Waals surface area contributed by atoms with Gasteiger partial charge in [-0.3, -0.25) is 5.32 Å². The first kappa shape index (κ1) is 20.5. The maximum Gasteiger partial charge on any atom is 0.534 e. The second kappa shape index (κ2) is 8.00. The number of hydrogen-bond acceptors (Lipinski definition) is 5. The van der Waals surface area contributed by atoms with Crippen molar-refractivity contribution >= 4 is 32.7 Å². The Morgan fingerprint density at radius 3 is 2.38 bits per heavy atom. The number of ether oxygens (including phenoxy) is 1. The van der Waals surface area contributed by atoms with Crippen molar-refractivity contribution in [3.8, 4) is 5.75 Å². The highest BCUT2D eigenvalue weighted by atomic mass is 32.2. The molecule has 0 aliphatic heterocycles. The Labute approximate surface area is 164 Å². The van der Waals surface area contributed by atoms with Crippen molar-refractivity contribution in [2.45, 2.75) is 12.1 Å². The molecule has 0 radical (unpaired) electrons. The molecule has 3 aromatic rings. The van der Waals surface area contributed by atoms with Crippen LogP contribution in [0.5, 0.6) is 5.75 Å².